The largest absolute Gasteiger partial charge is 0.507 e. The van der Waals surface area contributed by atoms with E-state index in [9.17, 15) is 5.11 Å². The predicted octanol–water partition coefficient (Wildman–Crippen LogP) is 6.57. The highest BCUT2D eigenvalue weighted by Crippen LogP contribution is 2.32. The standard InChI is InChI=1S/C24H16N2OS/c27-22-13-12-16-6-1-2-9-19(16)20(22)15-25-18-8-5-7-17(14-18)24-26-21-10-3-4-11-23(21)28-24/h1-15,27H. The van der Waals surface area contributed by atoms with Gasteiger partial charge in [-0.05, 0) is 41.1 Å². The smallest absolute Gasteiger partial charge is 0.124 e. The first kappa shape index (κ1) is 16.7. The summed E-state index contributed by atoms with van der Waals surface area (Å²) in [6, 6.07) is 27.8. The number of hydrogen-bond donors (Lipinski definition) is 1. The molecule has 0 atom stereocenters. The maximum Gasteiger partial charge on any atom is 0.124 e. The van der Waals surface area contributed by atoms with E-state index in [1.807, 2.05) is 72.8 Å². The topological polar surface area (TPSA) is 45.5 Å². The van der Waals surface area contributed by atoms with E-state index in [0.29, 0.717) is 0 Å². The Morgan fingerprint density at radius 1 is 0.857 bits per heavy atom. The molecule has 5 rings (SSSR count). The first-order valence-electron chi connectivity index (χ1n) is 8.99. The summed E-state index contributed by atoms with van der Waals surface area (Å²) in [5.74, 6) is 0.227. The van der Waals surface area contributed by atoms with E-state index >= 15 is 0 Å². The van der Waals surface area contributed by atoms with Crippen LogP contribution in [0.25, 0.3) is 31.6 Å². The first-order valence-corrected chi connectivity index (χ1v) is 9.80. The lowest BCUT2D eigenvalue weighted by atomic mass is 10.0. The minimum absolute atomic E-state index is 0.227. The molecule has 28 heavy (non-hydrogen) atoms. The fraction of sp³-hybridized carbons (Fsp3) is 0. The van der Waals surface area contributed by atoms with Crippen LogP contribution in [0.2, 0.25) is 0 Å². The summed E-state index contributed by atoms with van der Waals surface area (Å²) in [5.41, 5.74) is 3.60. The minimum atomic E-state index is 0.227. The molecule has 0 radical (unpaired) electrons. The van der Waals surface area contributed by atoms with Gasteiger partial charge in [0.15, 0.2) is 0 Å². The molecular formula is C24H16N2OS. The van der Waals surface area contributed by atoms with E-state index in [4.69, 9.17) is 4.98 Å². The highest BCUT2D eigenvalue weighted by molar-refractivity contribution is 7.21. The number of aromatic nitrogens is 1. The number of rotatable bonds is 3. The highest BCUT2D eigenvalue weighted by Gasteiger charge is 2.07. The van der Waals surface area contributed by atoms with Gasteiger partial charge in [0.1, 0.15) is 10.8 Å². The summed E-state index contributed by atoms with van der Waals surface area (Å²) in [5, 5.41) is 13.3. The van der Waals surface area contributed by atoms with Crippen molar-refractivity contribution in [3.63, 3.8) is 0 Å². The zero-order valence-electron chi connectivity index (χ0n) is 14.9. The molecule has 1 aromatic heterocycles. The van der Waals surface area contributed by atoms with E-state index in [0.717, 1.165) is 38.1 Å². The van der Waals surface area contributed by atoms with Gasteiger partial charge < -0.3 is 5.11 Å². The van der Waals surface area contributed by atoms with Crippen molar-refractivity contribution in [2.24, 2.45) is 4.99 Å². The summed E-state index contributed by atoms with van der Waals surface area (Å²) in [7, 11) is 0. The van der Waals surface area contributed by atoms with Crippen molar-refractivity contribution in [3.8, 4) is 16.3 Å². The number of benzene rings is 4. The molecule has 0 unspecified atom stereocenters. The highest BCUT2D eigenvalue weighted by atomic mass is 32.1. The summed E-state index contributed by atoms with van der Waals surface area (Å²) in [6.07, 6.45) is 1.73. The van der Waals surface area contributed by atoms with E-state index in [1.165, 1.54) is 4.70 Å². The van der Waals surface area contributed by atoms with E-state index < -0.39 is 0 Å². The fourth-order valence-electron chi connectivity index (χ4n) is 3.27. The van der Waals surface area contributed by atoms with Gasteiger partial charge in [-0.15, -0.1) is 11.3 Å². The van der Waals surface area contributed by atoms with Crippen molar-refractivity contribution in [1.29, 1.82) is 0 Å². The van der Waals surface area contributed by atoms with Crippen molar-refractivity contribution < 1.29 is 5.11 Å². The van der Waals surface area contributed by atoms with Crippen LogP contribution in [-0.4, -0.2) is 16.3 Å². The number of para-hydroxylation sites is 1. The summed E-state index contributed by atoms with van der Waals surface area (Å²) in [4.78, 5) is 9.34. The van der Waals surface area contributed by atoms with Gasteiger partial charge in [0.25, 0.3) is 0 Å². The van der Waals surface area contributed by atoms with Crippen LogP contribution >= 0.6 is 11.3 Å². The Morgan fingerprint density at radius 2 is 1.71 bits per heavy atom. The maximum absolute atomic E-state index is 10.3. The van der Waals surface area contributed by atoms with Crippen LogP contribution in [0.1, 0.15) is 5.56 Å². The molecule has 0 aliphatic heterocycles. The molecule has 0 saturated carbocycles. The van der Waals surface area contributed by atoms with Crippen LogP contribution in [0.5, 0.6) is 5.75 Å². The Kier molecular flexibility index (Phi) is 4.11. The normalized spacial score (nSPS) is 11.6. The SMILES string of the molecule is Oc1ccc2ccccc2c1C=Nc1cccc(-c2nc3ccccc3s2)c1. The van der Waals surface area contributed by atoms with E-state index in [2.05, 4.69) is 11.1 Å². The van der Waals surface area contributed by atoms with Crippen molar-refractivity contribution in [1.82, 2.24) is 4.98 Å². The predicted molar refractivity (Wildman–Crippen MR) is 118 cm³/mol. The maximum atomic E-state index is 10.3. The summed E-state index contributed by atoms with van der Waals surface area (Å²) in [6.45, 7) is 0. The number of fused-ring (bicyclic) bond motifs is 2. The molecule has 134 valence electrons. The molecule has 0 aliphatic rings. The zero-order valence-corrected chi connectivity index (χ0v) is 15.7. The first-order chi connectivity index (χ1) is 13.8. The number of thiazole rings is 1. The third kappa shape index (κ3) is 3.04. The van der Waals surface area contributed by atoms with E-state index in [-0.39, 0.29) is 5.75 Å². The monoisotopic (exact) mass is 380 g/mol. The average molecular weight is 380 g/mol. The van der Waals surface area contributed by atoms with Crippen LogP contribution in [0.3, 0.4) is 0 Å². The number of hydrogen-bond acceptors (Lipinski definition) is 4. The van der Waals surface area contributed by atoms with Crippen LogP contribution < -0.4 is 0 Å². The van der Waals surface area contributed by atoms with Gasteiger partial charge >= 0.3 is 0 Å². The van der Waals surface area contributed by atoms with Gasteiger partial charge in [-0.25, -0.2) is 4.98 Å². The average Bonchev–Trinajstić information content (AvgIpc) is 3.18. The van der Waals surface area contributed by atoms with Crippen LogP contribution in [0.15, 0.2) is 89.9 Å². The Hall–Kier alpha value is -3.50. The second-order valence-electron chi connectivity index (χ2n) is 6.51. The van der Waals surface area contributed by atoms with Crippen LogP contribution in [0.4, 0.5) is 5.69 Å². The molecule has 4 heteroatoms. The van der Waals surface area contributed by atoms with Gasteiger partial charge in [-0.2, -0.15) is 0 Å². The lowest BCUT2D eigenvalue weighted by molar-refractivity contribution is 0.475. The lowest BCUT2D eigenvalue weighted by Crippen LogP contribution is -1.86. The molecule has 0 bridgehead atoms. The molecule has 4 aromatic carbocycles. The van der Waals surface area contributed by atoms with Crippen molar-refractivity contribution >= 4 is 44.2 Å². The van der Waals surface area contributed by atoms with Crippen LogP contribution in [0, 0.1) is 0 Å². The second-order valence-corrected chi connectivity index (χ2v) is 7.55. The molecular weight excluding hydrogens is 364 g/mol. The quantitative estimate of drug-likeness (QED) is 0.360. The molecule has 1 N–H and O–H groups in total. The zero-order chi connectivity index (χ0) is 18.9. The van der Waals surface area contributed by atoms with E-state index in [1.54, 1.807) is 23.6 Å². The molecule has 0 fully saturated rings. The molecule has 1 heterocycles. The number of phenolic OH excluding ortho intramolecular Hbond substituents is 1. The molecule has 3 nitrogen and oxygen atoms in total. The molecule has 0 aliphatic carbocycles. The Bertz CT molecular complexity index is 1300. The molecule has 5 aromatic rings. The van der Waals surface area contributed by atoms with Gasteiger partial charge in [0.2, 0.25) is 0 Å². The number of phenols is 1. The van der Waals surface area contributed by atoms with Gasteiger partial charge in [0, 0.05) is 17.3 Å². The van der Waals surface area contributed by atoms with Crippen molar-refractivity contribution in [3.05, 3.63) is 90.5 Å². The second kappa shape index (κ2) is 6.91. The van der Waals surface area contributed by atoms with Crippen LogP contribution in [-0.2, 0) is 0 Å². The third-order valence-corrected chi connectivity index (χ3v) is 5.76. The Balaban J connectivity index is 1.53. The molecule has 0 saturated heterocycles. The minimum Gasteiger partial charge on any atom is -0.507 e. The summed E-state index contributed by atoms with van der Waals surface area (Å²) >= 11 is 1.67. The molecule has 0 spiro atoms. The third-order valence-electron chi connectivity index (χ3n) is 4.68. The number of aliphatic imine (C=N–C) groups is 1. The lowest BCUT2D eigenvalue weighted by Gasteiger charge is -2.05. The fourth-order valence-corrected chi connectivity index (χ4v) is 4.24. The van der Waals surface area contributed by atoms with Crippen molar-refractivity contribution in [2.45, 2.75) is 0 Å². The summed E-state index contributed by atoms with van der Waals surface area (Å²) < 4.78 is 1.17. The molecule has 0 amide bonds. The van der Waals surface area contributed by atoms with Gasteiger partial charge in [0.05, 0.1) is 15.9 Å². The number of nitrogens with zero attached hydrogens (tertiary/aromatic N) is 2. The Labute approximate surface area is 166 Å². The van der Waals surface area contributed by atoms with Gasteiger partial charge in [-0.3, -0.25) is 4.99 Å². The number of aromatic hydroxyl groups is 1. The Morgan fingerprint density at radius 3 is 2.64 bits per heavy atom. The van der Waals surface area contributed by atoms with Gasteiger partial charge in [-0.1, -0.05) is 54.6 Å². The van der Waals surface area contributed by atoms with Crippen molar-refractivity contribution in [2.75, 3.05) is 0 Å².